The molecule has 0 bridgehead atoms. The van der Waals surface area contributed by atoms with Crippen molar-refractivity contribution < 1.29 is 9.53 Å². The molecular weight excluding hydrogens is 252 g/mol. The van der Waals surface area contributed by atoms with Gasteiger partial charge in [0, 0.05) is 24.6 Å². The van der Waals surface area contributed by atoms with E-state index in [1.54, 1.807) is 0 Å². The van der Waals surface area contributed by atoms with Gasteiger partial charge in [0.1, 0.15) is 0 Å². The molecule has 4 nitrogen and oxygen atoms in total. The number of amides is 1. The summed E-state index contributed by atoms with van der Waals surface area (Å²) in [6.07, 6.45) is 4.46. The molecule has 1 N–H and O–H groups in total. The summed E-state index contributed by atoms with van der Waals surface area (Å²) in [5, 5.41) is 3.40. The Morgan fingerprint density at radius 2 is 2.15 bits per heavy atom. The van der Waals surface area contributed by atoms with Crippen LogP contribution in [0.5, 0.6) is 0 Å². The number of nitrogens with zero attached hydrogens (tertiary/aromatic N) is 1. The molecule has 2 rings (SSSR count). The first kappa shape index (κ1) is 15.8. The standard InChI is InChI=1S/C16H30N2O2/c1-5-9-17-12-8-7-10-18(15(12)19)13-11-14(20-6-2)16(13,3)4/h12-14,17H,5-11H2,1-4H3. The zero-order valence-electron chi connectivity index (χ0n) is 13.4. The molecule has 1 aliphatic carbocycles. The highest BCUT2D eigenvalue weighted by Gasteiger charge is 2.53. The predicted octanol–water partition coefficient (Wildman–Crippen LogP) is 2.18. The van der Waals surface area contributed by atoms with E-state index < -0.39 is 0 Å². The van der Waals surface area contributed by atoms with Gasteiger partial charge in [-0.05, 0) is 39.2 Å². The van der Waals surface area contributed by atoms with Crippen LogP contribution in [0.15, 0.2) is 0 Å². The van der Waals surface area contributed by atoms with Crippen LogP contribution in [0.1, 0.15) is 53.4 Å². The van der Waals surface area contributed by atoms with Crippen molar-refractivity contribution in [1.82, 2.24) is 10.2 Å². The number of hydrogen-bond acceptors (Lipinski definition) is 3. The molecule has 3 atom stereocenters. The maximum atomic E-state index is 12.6. The first-order valence-electron chi connectivity index (χ1n) is 8.17. The van der Waals surface area contributed by atoms with Crippen LogP contribution in [-0.4, -0.2) is 48.7 Å². The number of carbonyl (C=O) groups is 1. The summed E-state index contributed by atoms with van der Waals surface area (Å²) in [7, 11) is 0. The molecule has 2 fully saturated rings. The minimum absolute atomic E-state index is 0.0330. The SMILES string of the molecule is CCCNC1CCCN(C2CC(OCC)C2(C)C)C1=O. The van der Waals surface area contributed by atoms with Gasteiger partial charge in [-0.15, -0.1) is 0 Å². The number of nitrogens with one attached hydrogen (secondary N) is 1. The second-order valence-corrected chi connectivity index (χ2v) is 6.70. The molecule has 116 valence electrons. The summed E-state index contributed by atoms with van der Waals surface area (Å²) in [5.41, 5.74) is 0.0817. The molecule has 20 heavy (non-hydrogen) atoms. The fourth-order valence-corrected chi connectivity index (χ4v) is 3.59. The molecule has 1 aliphatic heterocycles. The van der Waals surface area contributed by atoms with E-state index in [2.05, 4.69) is 31.0 Å². The summed E-state index contributed by atoms with van der Waals surface area (Å²) in [4.78, 5) is 14.8. The lowest BCUT2D eigenvalue weighted by molar-refractivity contribution is -0.171. The Hall–Kier alpha value is -0.610. The van der Waals surface area contributed by atoms with Crippen molar-refractivity contribution in [1.29, 1.82) is 0 Å². The molecule has 1 heterocycles. The molecule has 4 heteroatoms. The third-order valence-corrected chi connectivity index (χ3v) is 4.98. The molecule has 0 aromatic carbocycles. The maximum absolute atomic E-state index is 12.6. The Balaban J connectivity index is 1.97. The van der Waals surface area contributed by atoms with E-state index in [-0.39, 0.29) is 11.5 Å². The van der Waals surface area contributed by atoms with Crippen LogP contribution in [-0.2, 0) is 9.53 Å². The van der Waals surface area contributed by atoms with Crippen molar-refractivity contribution in [2.45, 2.75) is 71.6 Å². The highest BCUT2D eigenvalue weighted by atomic mass is 16.5. The second-order valence-electron chi connectivity index (χ2n) is 6.70. The highest BCUT2D eigenvalue weighted by molar-refractivity contribution is 5.83. The van der Waals surface area contributed by atoms with Crippen LogP contribution in [0.25, 0.3) is 0 Å². The number of ether oxygens (including phenoxy) is 1. The van der Waals surface area contributed by atoms with Crippen LogP contribution in [0.4, 0.5) is 0 Å². The second kappa shape index (κ2) is 6.44. The topological polar surface area (TPSA) is 41.6 Å². The summed E-state index contributed by atoms with van der Waals surface area (Å²) in [6, 6.07) is 0.378. The van der Waals surface area contributed by atoms with E-state index in [4.69, 9.17) is 4.74 Å². The molecule has 0 spiro atoms. The smallest absolute Gasteiger partial charge is 0.239 e. The van der Waals surface area contributed by atoms with Crippen molar-refractivity contribution in [3.8, 4) is 0 Å². The monoisotopic (exact) mass is 282 g/mol. The zero-order chi connectivity index (χ0) is 14.8. The van der Waals surface area contributed by atoms with E-state index in [0.717, 1.165) is 45.4 Å². The number of rotatable bonds is 6. The number of hydrogen-bond donors (Lipinski definition) is 1. The summed E-state index contributed by atoms with van der Waals surface area (Å²) in [6.45, 7) is 11.3. The average molecular weight is 282 g/mol. The van der Waals surface area contributed by atoms with Crippen molar-refractivity contribution >= 4 is 5.91 Å². The molecule has 0 radical (unpaired) electrons. The fourth-order valence-electron chi connectivity index (χ4n) is 3.59. The Morgan fingerprint density at radius 3 is 2.75 bits per heavy atom. The zero-order valence-corrected chi connectivity index (χ0v) is 13.4. The molecule has 1 saturated carbocycles. The van der Waals surface area contributed by atoms with Crippen LogP contribution in [0.2, 0.25) is 0 Å². The Morgan fingerprint density at radius 1 is 1.40 bits per heavy atom. The lowest BCUT2D eigenvalue weighted by Crippen LogP contribution is -2.66. The molecule has 0 aromatic rings. The molecule has 1 saturated heterocycles. The fraction of sp³-hybridized carbons (Fsp3) is 0.938. The summed E-state index contributed by atoms with van der Waals surface area (Å²) >= 11 is 0. The third kappa shape index (κ3) is 2.86. The van der Waals surface area contributed by atoms with Crippen LogP contribution in [0.3, 0.4) is 0 Å². The Kier molecular flexibility index (Phi) is 5.08. The van der Waals surface area contributed by atoms with Crippen molar-refractivity contribution in [3.05, 3.63) is 0 Å². The van der Waals surface area contributed by atoms with E-state index in [9.17, 15) is 4.79 Å². The van der Waals surface area contributed by atoms with E-state index in [1.807, 2.05) is 6.92 Å². The van der Waals surface area contributed by atoms with Gasteiger partial charge in [-0.1, -0.05) is 20.8 Å². The molecule has 0 aromatic heterocycles. The summed E-state index contributed by atoms with van der Waals surface area (Å²) < 4.78 is 5.79. The van der Waals surface area contributed by atoms with Gasteiger partial charge in [-0.25, -0.2) is 0 Å². The quantitative estimate of drug-likeness (QED) is 0.812. The normalized spacial score (nSPS) is 33.1. The first-order valence-corrected chi connectivity index (χ1v) is 8.17. The van der Waals surface area contributed by atoms with E-state index >= 15 is 0 Å². The van der Waals surface area contributed by atoms with Gasteiger partial charge in [-0.3, -0.25) is 4.79 Å². The van der Waals surface area contributed by atoms with Crippen molar-refractivity contribution in [2.75, 3.05) is 19.7 Å². The van der Waals surface area contributed by atoms with Gasteiger partial charge < -0.3 is 15.0 Å². The lowest BCUT2D eigenvalue weighted by Gasteiger charge is -2.57. The summed E-state index contributed by atoms with van der Waals surface area (Å²) in [5.74, 6) is 0.303. The molecule has 1 amide bonds. The van der Waals surface area contributed by atoms with Gasteiger partial charge in [0.15, 0.2) is 0 Å². The van der Waals surface area contributed by atoms with Gasteiger partial charge in [-0.2, -0.15) is 0 Å². The van der Waals surface area contributed by atoms with Crippen LogP contribution in [0, 0.1) is 5.41 Å². The number of piperidine rings is 1. The minimum Gasteiger partial charge on any atom is -0.378 e. The van der Waals surface area contributed by atoms with Crippen LogP contribution < -0.4 is 5.32 Å². The first-order chi connectivity index (χ1) is 9.52. The van der Waals surface area contributed by atoms with Crippen molar-refractivity contribution in [3.63, 3.8) is 0 Å². The van der Waals surface area contributed by atoms with Crippen molar-refractivity contribution in [2.24, 2.45) is 5.41 Å². The Labute approximate surface area is 123 Å². The molecular formula is C16H30N2O2. The number of carbonyl (C=O) groups excluding carboxylic acids is 1. The van der Waals surface area contributed by atoms with E-state index in [1.165, 1.54) is 0 Å². The van der Waals surface area contributed by atoms with Gasteiger partial charge in [0.2, 0.25) is 5.91 Å². The Bertz CT molecular complexity index is 343. The highest BCUT2D eigenvalue weighted by Crippen LogP contribution is 2.46. The van der Waals surface area contributed by atoms with Crippen LogP contribution >= 0.6 is 0 Å². The predicted molar refractivity (Wildman–Crippen MR) is 80.6 cm³/mol. The van der Waals surface area contributed by atoms with Gasteiger partial charge >= 0.3 is 0 Å². The minimum atomic E-state index is 0.0330. The van der Waals surface area contributed by atoms with E-state index in [0.29, 0.717) is 18.1 Å². The average Bonchev–Trinajstić information content (AvgIpc) is 2.43. The molecule has 3 unspecified atom stereocenters. The van der Waals surface area contributed by atoms with Gasteiger partial charge in [0.25, 0.3) is 0 Å². The molecule has 2 aliphatic rings. The number of likely N-dealkylation sites (tertiary alicyclic amines) is 1. The largest absolute Gasteiger partial charge is 0.378 e. The third-order valence-electron chi connectivity index (χ3n) is 4.98. The lowest BCUT2D eigenvalue weighted by atomic mass is 9.63. The maximum Gasteiger partial charge on any atom is 0.239 e. The van der Waals surface area contributed by atoms with Gasteiger partial charge in [0.05, 0.1) is 12.1 Å².